The Kier molecular flexibility index (Phi) is 10.2. The topological polar surface area (TPSA) is 35.6 Å². The molecule has 4 aromatic heterocycles. The Morgan fingerprint density at radius 3 is 1.21 bits per heavy atom. The number of rotatable bonds is 7. The van der Waals surface area contributed by atoms with E-state index in [1.807, 2.05) is 121 Å². The minimum absolute atomic E-state index is 0.0610. The minimum atomic E-state index is -5.39. The van der Waals surface area contributed by atoms with Crippen LogP contribution >= 0.6 is 0 Å². The summed E-state index contributed by atoms with van der Waals surface area (Å²) in [4.78, 5) is 9.44. The zero-order valence-corrected chi connectivity index (χ0v) is 36.8. The van der Waals surface area contributed by atoms with E-state index in [2.05, 4.69) is 0 Å². The van der Waals surface area contributed by atoms with Crippen LogP contribution in [0, 0.1) is 29.1 Å². The Morgan fingerprint density at radius 1 is 0.338 bits per heavy atom. The van der Waals surface area contributed by atoms with E-state index in [4.69, 9.17) is 9.97 Å². The number of alkyl halides is 3. The molecule has 0 fully saturated rings. The van der Waals surface area contributed by atoms with E-state index in [1.54, 1.807) is 70.1 Å². The Hall–Kier alpha value is -8.90. The molecule has 0 saturated carbocycles. The highest BCUT2D eigenvalue weighted by molar-refractivity contribution is 6.13. The van der Waals surface area contributed by atoms with Crippen LogP contribution in [0.5, 0.6) is 0 Å². The summed E-state index contributed by atoms with van der Waals surface area (Å²) in [6.07, 6.45) is -2.05. The van der Waals surface area contributed by atoms with Gasteiger partial charge in [-0.3, -0.25) is 9.97 Å². The van der Waals surface area contributed by atoms with Crippen molar-refractivity contribution >= 4 is 43.6 Å². The molecule has 12 aromatic rings. The second-order valence-electron chi connectivity index (χ2n) is 17.0. The van der Waals surface area contributed by atoms with Crippen LogP contribution in [0.15, 0.2) is 194 Å². The van der Waals surface area contributed by atoms with E-state index in [0.717, 1.165) is 34.4 Å². The maximum Gasteiger partial charge on any atom is 0.417 e. The third-order valence-electron chi connectivity index (χ3n) is 13.1. The third-order valence-corrected chi connectivity index (χ3v) is 13.1. The number of nitrogens with zero attached hydrogens (tertiary/aromatic N) is 4. The van der Waals surface area contributed by atoms with Gasteiger partial charge in [-0.05, 0) is 59.7 Å². The molecule has 8 aromatic carbocycles. The summed E-state index contributed by atoms with van der Waals surface area (Å²) >= 11 is 0. The van der Waals surface area contributed by atoms with Gasteiger partial charge in [-0.25, -0.2) is 22.0 Å². The van der Waals surface area contributed by atoms with Gasteiger partial charge in [0.05, 0.1) is 56.0 Å². The molecule has 0 atom stereocenters. The monoisotopic (exact) mass is 948 g/mol. The van der Waals surface area contributed by atoms with Crippen molar-refractivity contribution < 1.29 is 35.1 Å². The van der Waals surface area contributed by atoms with E-state index in [-0.39, 0.29) is 11.4 Å². The molecule has 0 unspecified atom stereocenters. The van der Waals surface area contributed by atoms with Gasteiger partial charge in [0.15, 0.2) is 23.3 Å². The molecule has 0 amide bonds. The number of hydrogen-bond donors (Lipinski definition) is 0. The van der Waals surface area contributed by atoms with Crippen LogP contribution in [0.25, 0.3) is 111 Å². The molecule has 0 saturated heterocycles. The lowest BCUT2D eigenvalue weighted by atomic mass is 9.95. The van der Waals surface area contributed by atoms with E-state index >= 15 is 30.7 Å². The first-order chi connectivity index (χ1) is 34.5. The molecule has 12 heteroatoms. The Balaban J connectivity index is 1.23. The molecular weight excluding hydrogens is 917 g/mol. The summed E-state index contributed by atoms with van der Waals surface area (Å²) in [6.45, 7) is 0. The van der Waals surface area contributed by atoms with Crippen LogP contribution in [0.3, 0.4) is 0 Å². The average molecular weight is 949 g/mol. The Morgan fingerprint density at radius 2 is 0.746 bits per heavy atom. The van der Waals surface area contributed by atoms with Gasteiger partial charge in [-0.1, -0.05) is 133 Å². The molecule has 12 rings (SSSR count). The van der Waals surface area contributed by atoms with Crippen molar-refractivity contribution in [2.45, 2.75) is 6.18 Å². The summed E-state index contributed by atoms with van der Waals surface area (Å²) < 4.78 is 128. The van der Waals surface area contributed by atoms with Gasteiger partial charge in [0.25, 0.3) is 0 Å². The lowest BCUT2D eigenvalue weighted by Gasteiger charge is -2.23. The van der Waals surface area contributed by atoms with Gasteiger partial charge >= 0.3 is 6.18 Å². The number of hydrogen-bond acceptors (Lipinski definition) is 2. The van der Waals surface area contributed by atoms with Crippen LogP contribution in [0.4, 0.5) is 35.1 Å². The summed E-state index contributed by atoms with van der Waals surface area (Å²) in [5, 5.41) is 2.66. The first-order valence-electron chi connectivity index (χ1n) is 22.3. The molecule has 0 aliphatic rings. The highest BCUT2D eigenvalue weighted by Crippen LogP contribution is 2.48. The fraction of sp³-hybridized carbons (Fsp3) is 0.0169. The van der Waals surface area contributed by atoms with Gasteiger partial charge in [0.1, 0.15) is 0 Å². The normalized spacial score (nSPS) is 11.9. The van der Waals surface area contributed by atoms with Gasteiger partial charge < -0.3 is 9.13 Å². The van der Waals surface area contributed by atoms with Crippen molar-refractivity contribution in [3.05, 3.63) is 229 Å². The van der Waals surface area contributed by atoms with Crippen molar-refractivity contribution in [2.24, 2.45) is 0 Å². The number of pyridine rings is 2. The predicted octanol–water partition coefficient (Wildman–Crippen LogP) is 16.7. The zero-order valence-electron chi connectivity index (χ0n) is 36.8. The molecule has 0 spiro atoms. The van der Waals surface area contributed by atoms with E-state index in [9.17, 15) is 4.39 Å². The second kappa shape index (κ2) is 16.7. The molecule has 344 valence electrons. The van der Waals surface area contributed by atoms with Crippen LogP contribution in [-0.2, 0) is 6.18 Å². The Bertz CT molecular complexity index is 4080. The average Bonchev–Trinajstić information content (AvgIpc) is 3.92. The molecule has 0 radical (unpaired) electrons. The fourth-order valence-corrected chi connectivity index (χ4v) is 9.94. The van der Waals surface area contributed by atoms with Gasteiger partial charge in [-0.15, -0.1) is 0 Å². The first-order valence-corrected chi connectivity index (χ1v) is 22.3. The number of fused-ring (bicyclic) bond motifs is 6. The molecule has 0 N–H and O–H groups in total. The summed E-state index contributed by atoms with van der Waals surface area (Å²) in [6, 6.07) is 53.6. The molecular formula is C59H32F8N4. The number of para-hydroxylation sites is 2. The van der Waals surface area contributed by atoms with Crippen molar-refractivity contribution in [3.8, 4) is 67.3 Å². The van der Waals surface area contributed by atoms with Gasteiger partial charge in [0, 0.05) is 61.8 Å². The summed E-state index contributed by atoms with van der Waals surface area (Å²) in [5.41, 5.74) is 2.86. The number of benzene rings is 8. The van der Waals surface area contributed by atoms with Crippen LogP contribution < -0.4 is 0 Å². The highest BCUT2D eigenvalue weighted by Gasteiger charge is 2.39. The Labute approximate surface area is 399 Å². The van der Waals surface area contributed by atoms with Crippen molar-refractivity contribution in [1.82, 2.24) is 19.1 Å². The van der Waals surface area contributed by atoms with Crippen molar-refractivity contribution in [3.63, 3.8) is 0 Å². The second-order valence-corrected chi connectivity index (χ2v) is 17.0. The van der Waals surface area contributed by atoms with Crippen LogP contribution in [0.1, 0.15) is 5.56 Å². The van der Waals surface area contributed by atoms with Crippen molar-refractivity contribution in [2.75, 3.05) is 0 Å². The predicted molar refractivity (Wildman–Crippen MR) is 263 cm³/mol. The third kappa shape index (κ3) is 6.96. The first kappa shape index (κ1) is 43.4. The van der Waals surface area contributed by atoms with E-state index in [0.29, 0.717) is 66.1 Å². The van der Waals surface area contributed by atoms with Crippen molar-refractivity contribution in [1.29, 1.82) is 0 Å². The van der Waals surface area contributed by atoms with Gasteiger partial charge in [-0.2, -0.15) is 13.2 Å². The summed E-state index contributed by atoms with van der Waals surface area (Å²) in [5.74, 6) is -12.1. The largest absolute Gasteiger partial charge is 0.417 e. The van der Waals surface area contributed by atoms with E-state index < -0.39 is 52.0 Å². The highest BCUT2D eigenvalue weighted by atomic mass is 19.4. The minimum Gasteiger partial charge on any atom is -0.307 e. The van der Waals surface area contributed by atoms with E-state index in [1.165, 1.54) is 0 Å². The fourth-order valence-electron chi connectivity index (χ4n) is 9.94. The number of halogens is 8. The molecule has 71 heavy (non-hydrogen) atoms. The molecule has 4 nitrogen and oxygen atoms in total. The maximum atomic E-state index is 16.1. The molecule has 0 aliphatic carbocycles. The zero-order chi connectivity index (χ0) is 48.7. The summed E-state index contributed by atoms with van der Waals surface area (Å²) in [7, 11) is 0. The quantitative estimate of drug-likeness (QED) is 0.0907. The smallest absolute Gasteiger partial charge is 0.307 e. The molecule has 0 bridgehead atoms. The molecule has 4 heterocycles. The standard InChI is InChI=1S/C59H32F8N4/c60-52-51(53(61)55(63)56(64)54(52)62)43-31-49(70-45-21-9-7-17-39(45)41-25-23-35(29-47(41)70)37-19-11-27-68-57(37)33-13-3-1-4-14-33)50(32-44(43)59(65,66)67)71-46-22-10-8-18-40(46)42-26-24-36(30-48(42)71)38-20-12-28-69-58(38)34-15-5-2-6-16-34/h1-32H. The van der Waals surface area contributed by atoms with Crippen LogP contribution in [-0.4, -0.2) is 19.1 Å². The van der Waals surface area contributed by atoms with Crippen LogP contribution in [0.2, 0.25) is 0 Å². The maximum absolute atomic E-state index is 16.1. The number of aromatic nitrogens is 4. The molecule has 0 aliphatic heterocycles. The lowest BCUT2D eigenvalue weighted by molar-refractivity contribution is -0.137. The van der Waals surface area contributed by atoms with Gasteiger partial charge in [0.2, 0.25) is 5.82 Å². The SMILES string of the molecule is Fc1c(F)c(F)c(-c2cc(-n3c4ccccc4c4ccc(-c5cccnc5-c5ccccc5)cc43)c(-n3c4ccccc4c4ccc(-c5cccnc5-c5ccccc5)cc43)cc2C(F)(F)F)c(F)c1F. The lowest BCUT2D eigenvalue weighted by Crippen LogP contribution is -2.14.